The van der Waals surface area contributed by atoms with Gasteiger partial charge >= 0.3 is 0 Å². The normalized spacial score (nSPS) is 12.5. The Morgan fingerprint density at radius 1 is 1.17 bits per heavy atom. The van der Waals surface area contributed by atoms with E-state index in [1.807, 2.05) is 19.1 Å². The molecule has 4 N–H and O–H groups in total. The van der Waals surface area contributed by atoms with Crippen LogP contribution in [0.2, 0.25) is 0 Å². The van der Waals surface area contributed by atoms with Crippen LogP contribution in [0.25, 0.3) is 0 Å². The Balaban J connectivity index is 4.50. The molecule has 0 unspecified atom stereocenters. The average molecular weight is 166 g/mol. The maximum Gasteiger partial charge on any atom is 0.0933 e. The van der Waals surface area contributed by atoms with E-state index in [0.29, 0.717) is 11.7 Å². The summed E-state index contributed by atoms with van der Waals surface area (Å²) in [5.74, 6) is 0.842. The number of nitrogens with two attached hydrogens (primary N) is 2. The van der Waals surface area contributed by atoms with Crippen molar-refractivity contribution in [3.63, 3.8) is 0 Å². The molecule has 0 fully saturated rings. The van der Waals surface area contributed by atoms with Gasteiger partial charge in [-0.2, -0.15) is 0 Å². The van der Waals surface area contributed by atoms with Crippen molar-refractivity contribution in [2.75, 3.05) is 0 Å². The molecule has 0 aliphatic carbocycles. The summed E-state index contributed by atoms with van der Waals surface area (Å²) in [7, 11) is 0. The summed E-state index contributed by atoms with van der Waals surface area (Å²) < 4.78 is 0. The van der Waals surface area contributed by atoms with Gasteiger partial charge in [-0.05, 0) is 24.5 Å². The highest BCUT2D eigenvalue weighted by atomic mass is 14.8. The lowest BCUT2D eigenvalue weighted by molar-refractivity contribution is 0.791. The van der Waals surface area contributed by atoms with Crippen LogP contribution in [0.5, 0.6) is 0 Å². The van der Waals surface area contributed by atoms with Crippen molar-refractivity contribution >= 4 is 0 Å². The van der Waals surface area contributed by atoms with E-state index < -0.39 is 0 Å². The number of hydrogen-bond acceptors (Lipinski definition) is 2. The quantitative estimate of drug-likeness (QED) is 0.629. The molecule has 2 nitrogen and oxygen atoms in total. The zero-order valence-corrected chi connectivity index (χ0v) is 8.04. The van der Waals surface area contributed by atoms with Gasteiger partial charge in [0.2, 0.25) is 0 Å². The van der Waals surface area contributed by atoms with Gasteiger partial charge in [0.15, 0.2) is 0 Å². The van der Waals surface area contributed by atoms with Crippen molar-refractivity contribution in [3.8, 4) is 0 Å². The molecule has 0 saturated heterocycles. The minimum Gasteiger partial charge on any atom is -0.386 e. The molecule has 0 saturated carbocycles. The van der Waals surface area contributed by atoms with Crippen molar-refractivity contribution < 1.29 is 0 Å². The van der Waals surface area contributed by atoms with Gasteiger partial charge < -0.3 is 11.5 Å². The second-order valence-electron chi connectivity index (χ2n) is 2.99. The van der Waals surface area contributed by atoms with Gasteiger partial charge in [-0.25, -0.2) is 0 Å². The van der Waals surface area contributed by atoms with Crippen molar-refractivity contribution in [3.05, 3.63) is 35.7 Å². The van der Waals surface area contributed by atoms with E-state index in [1.54, 1.807) is 6.08 Å². The molecule has 0 radical (unpaired) electrons. The van der Waals surface area contributed by atoms with E-state index >= 15 is 0 Å². The molecule has 0 rings (SSSR count). The molecule has 68 valence electrons. The van der Waals surface area contributed by atoms with Crippen molar-refractivity contribution in [2.24, 2.45) is 17.4 Å². The maximum atomic E-state index is 5.31. The van der Waals surface area contributed by atoms with E-state index in [0.717, 1.165) is 0 Å². The summed E-state index contributed by atoms with van der Waals surface area (Å²) in [5.41, 5.74) is 11.8. The summed E-state index contributed by atoms with van der Waals surface area (Å²) in [6.07, 6.45) is 7.73. The zero-order chi connectivity index (χ0) is 9.56. The van der Waals surface area contributed by atoms with E-state index in [2.05, 4.69) is 19.9 Å². The molecule has 0 aromatic carbocycles. The Kier molecular flexibility index (Phi) is 4.93. The fourth-order valence-electron chi connectivity index (χ4n) is 0.825. The van der Waals surface area contributed by atoms with Crippen LogP contribution >= 0.6 is 0 Å². The van der Waals surface area contributed by atoms with Crippen molar-refractivity contribution in [1.82, 2.24) is 0 Å². The second kappa shape index (κ2) is 5.47. The van der Waals surface area contributed by atoms with Gasteiger partial charge in [0, 0.05) is 0 Å². The van der Waals surface area contributed by atoms with E-state index in [4.69, 9.17) is 11.5 Å². The molecule has 12 heavy (non-hydrogen) atoms. The first kappa shape index (κ1) is 10.8. The topological polar surface area (TPSA) is 52.0 Å². The van der Waals surface area contributed by atoms with Gasteiger partial charge in [-0.1, -0.05) is 32.1 Å². The highest BCUT2D eigenvalue weighted by Crippen LogP contribution is 2.10. The minimum absolute atomic E-state index is 0.345. The van der Waals surface area contributed by atoms with Crippen molar-refractivity contribution in [1.29, 1.82) is 0 Å². The monoisotopic (exact) mass is 166 g/mol. The summed E-state index contributed by atoms with van der Waals surface area (Å²) >= 11 is 0. The molecule has 0 amide bonds. The van der Waals surface area contributed by atoms with Crippen LogP contribution in [0, 0.1) is 5.92 Å². The Morgan fingerprint density at radius 2 is 1.75 bits per heavy atom. The van der Waals surface area contributed by atoms with Crippen LogP contribution in [0.15, 0.2) is 35.7 Å². The lowest BCUT2D eigenvalue weighted by atomic mass is 10.0. The van der Waals surface area contributed by atoms with E-state index in [1.165, 1.54) is 5.57 Å². The van der Waals surface area contributed by atoms with Gasteiger partial charge in [-0.15, -0.1) is 0 Å². The smallest absolute Gasteiger partial charge is 0.0933 e. The third-order valence-corrected chi connectivity index (χ3v) is 1.49. The predicted molar refractivity (Wildman–Crippen MR) is 54.2 cm³/mol. The molecular weight excluding hydrogens is 148 g/mol. The lowest BCUT2D eigenvalue weighted by Gasteiger charge is -2.04. The zero-order valence-electron chi connectivity index (χ0n) is 8.04. The molecule has 0 spiro atoms. The molecule has 0 bridgehead atoms. The molecule has 0 heterocycles. The van der Waals surface area contributed by atoms with Gasteiger partial charge in [0.25, 0.3) is 0 Å². The molecule has 0 atom stereocenters. The van der Waals surface area contributed by atoms with Crippen LogP contribution in [0.3, 0.4) is 0 Å². The fraction of sp³-hybridized carbons (Fsp3) is 0.400. The van der Waals surface area contributed by atoms with Crippen LogP contribution in [-0.2, 0) is 0 Å². The van der Waals surface area contributed by atoms with E-state index in [-0.39, 0.29) is 0 Å². The first-order valence-corrected chi connectivity index (χ1v) is 4.13. The third kappa shape index (κ3) is 4.61. The van der Waals surface area contributed by atoms with Crippen molar-refractivity contribution in [2.45, 2.75) is 20.8 Å². The van der Waals surface area contributed by atoms with Crippen LogP contribution in [-0.4, -0.2) is 0 Å². The SMILES string of the molecule is C/C=C\C(=C/C=C(N)N)C(C)C. The lowest BCUT2D eigenvalue weighted by Crippen LogP contribution is -2.06. The first-order valence-electron chi connectivity index (χ1n) is 4.13. The average Bonchev–Trinajstić information content (AvgIpc) is 1.96. The predicted octanol–water partition coefficient (Wildman–Crippen LogP) is 1.90. The van der Waals surface area contributed by atoms with Crippen LogP contribution in [0.4, 0.5) is 0 Å². The standard InChI is InChI=1S/C10H18N2/c1-4-5-9(8(2)3)6-7-10(11)12/h4-8H,11-12H2,1-3H3/b5-4-,9-6+. The summed E-state index contributed by atoms with van der Waals surface area (Å²) in [5, 5.41) is 0. The Labute approximate surface area is 74.6 Å². The largest absolute Gasteiger partial charge is 0.386 e. The van der Waals surface area contributed by atoms with Gasteiger partial charge in [0.05, 0.1) is 5.82 Å². The molecule has 0 aliphatic heterocycles. The molecule has 0 aromatic rings. The molecule has 0 aliphatic rings. The Hall–Kier alpha value is -1.18. The summed E-state index contributed by atoms with van der Waals surface area (Å²) in [6.45, 7) is 6.25. The summed E-state index contributed by atoms with van der Waals surface area (Å²) in [4.78, 5) is 0. The highest BCUT2D eigenvalue weighted by Gasteiger charge is 1.95. The van der Waals surface area contributed by atoms with Gasteiger partial charge in [-0.3, -0.25) is 0 Å². The van der Waals surface area contributed by atoms with E-state index in [9.17, 15) is 0 Å². The Morgan fingerprint density at radius 3 is 2.08 bits per heavy atom. The summed E-state index contributed by atoms with van der Waals surface area (Å²) in [6, 6.07) is 0. The first-order chi connectivity index (χ1) is 5.57. The van der Waals surface area contributed by atoms with Crippen LogP contribution < -0.4 is 11.5 Å². The highest BCUT2D eigenvalue weighted by molar-refractivity contribution is 5.25. The fourth-order valence-corrected chi connectivity index (χ4v) is 0.825. The number of rotatable bonds is 3. The van der Waals surface area contributed by atoms with Gasteiger partial charge in [0.1, 0.15) is 0 Å². The Bertz CT molecular complexity index is 206. The molecular formula is C10H18N2. The second-order valence-corrected chi connectivity index (χ2v) is 2.99. The third-order valence-electron chi connectivity index (χ3n) is 1.49. The van der Waals surface area contributed by atoms with Crippen LogP contribution in [0.1, 0.15) is 20.8 Å². The number of allylic oxidation sites excluding steroid dienone is 5. The molecule has 2 heteroatoms. The maximum absolute atomic E-state index is 5.31. The molecule has 0 aromatic heterocycles. The number of hydrogen-bond donors (Lipinski definition) is 2. The minimum atomic E-state index is 0.345.